The first-order valence-electron chi connectivity index (χ1n) is 11.1. The highest BCUT2D eigenvalue weighted by Crippen LogP contribution is 2.40. The molecule has 4 rings (SSSR count). The smallest absolute Gasteiger partial charge is 0.295 e. The van der Waals surface area contributed by atoms with Crippen molar-refractivity contribution in [1.29, 1.82) is 0 Å². The van der Waals surface area contributed by atoms with Crippen molar-refractivity contribution >= 4 is 39.0 Å². The first kappa shape index (κ1) is 23.2. The van der Waals surface area contributed by atoms with Gasteiger partial charge in [0, 0.05) is 23.8 Å². The van der Waals surface area contributed by atoms with Crippen LogP contribution >= 0.6 is 15.9 Å². The Morgan fingerprint density at radius 3 is 2.61 bits per heavy atom. The number of aliphatic hydroxyl groups is 1. The molecule has 1 aliphatic heterocycles. The summed E-state index contributed by atoms with van der Waals surface area (Å²) >= 11 is 3.49. The Balaban J connectivity index is 1.88. The molecule has 1 aliphatic rings. The Kier molecular flexibility index (Phi) is 6.67. The van der Waals surface area contributed by atoms with Gasteiger partial charge in [0.25, 0.3) is 11.7 Å². The molecule has 0 aliphatic carbocycles. The zero-order chi connectivity index (χ0) is 23.7. The SMILES string of the molecule is CCN(CC)CCN1C(=O)C(=O)/C(=C(/O)c2c(C)nc3ccccn23)[C@@H]1c1cccc(Br)c1. The quantitative estimate of drug-likeness (QED) is 0.293. The van der Waals surface area contributed by atoms with Crippen LogP contribution in [0.2, 0.25) is 0 Å². The molecule has 33 heavy (non-hydrogen) atoms. The van der Waals surface area contributed by atoms with Crippen LogP contribution in [-0.4, -0.2) is 62.2 Å². The van der Waals surface area contributed by atoms with Crippen LogP contribution in [0.15, 0.2) is 58.7 Å². The second-order valence-electron chi connectivity index (χ2n) is 8.05. The Bertz CT molecular complexity index is 1250. The molecular formula is C25H27BrN4O3. The summed E-state index contributed by atoms with van der Waals surface area (Å²) in [6.45, 7) is 8.64. The van der Waals surface area contributed by atoms with Gasteiger partial charge in [0.15, 0.2) is 5.76 Å². The summed E-state index contributed by atoms with van der Waals surface area (Å²) in [5, 5.41) is 11.5. The molecule has 1 amide bonds. The lowest BCUT2D eigenvalue weighted by atomic mass is 9.96. The number of aryl methyl sites for hydroxylation is 1. The molecule has 3 heterocycles. The number of aromatic nitrogens is 2. The number of ketones is 1. The van der Waals surface area contributed by atoms with Crippen LogP contribution in [0.25, 0.3) is 11.4 Å². The van der Waals surface area contributed by atoms with Crippen LogP contribution in [0.3, 0.4) is 0 Å². The summed E-state index contributed by atoms with van der Waals surface area (Å²) in [7, 11) is 0. The highest BCUT2D eigenvalue weighted by molar-refractivity contribution is 9.10. The summed E-state index contributed by atoms with van der Waals surface area (Å²) in [4.78, 5) is 34.7. The number of rotatable bonds is 7. The highest BCUT2D eigenvalue weighted by Gasteiger charge is 2.46. The molecule has 0 saturated carbocycles. The molecule has 2 aromatic heterocycles. The third-order valence-corrected chi connectivity index (χ3v) is 6.68. The van der Waals surface area contributed by atoms with Gasteiger partial charge in [-0.2, -0.15) is 0 Å². The van der Waals surface area contributed by atoms with Gasteiger partial charge in [0.05, 0.1) is 17.3 Å². The van der Waals surface area contributed by atoms with Gasteiger partial charge in [0.2, 0.25) is 0 Å². The van der Waals surface area contributed by atoms with E-state index in [1.165, 1.54) is 0 Å². The van der Waals surface area contributed by atoms with Gasteiger partial charge < -0.3 is 14.9 Å². The summed E-state index contributed by atoms with van der Waals surface area (Å²) in [5.41, 5.74) is 2.52. The first-order chi connectivity index (χ1) is 15.9. The average Bonchev–Trinajstić information content (AvgIpc) is 3.27. The average molecular weight is 511 g/mol. The van der Waals surface area contributed by atoms with Crippen molar-refractivity contribution in [2.75, 3.05) is 26.2 Å². The number of nitrogens with zero attached hydrogens (tertiary/aromatic N) is 4. The first-order valence-corrected chi connectivity index (χ1v) is 11.9. The maximum atomic E-state index is 13.3. The van der Waals surface area contributed by atoms with Gasteiger partial charge in [-0.3, -0.25) is 14.0 Å². The summed E-state index contributed by atoms with van der Waals surface area (Å²) in [5.74, 6) is -1.48. The predicted molar refractivity (Wildman–Crippen MR) is 131 cm³/mol. The highest BCUT2D eigenvalue weighted by atomic mass is 79.9. The van der Waals surface area contributed by atoms with Gasteiger partial charge >= 0.3 is 0 Å². The number of fused-ring (bicyclic) bond motifs is 1. The van der Waals surface area contributed by atoms with E-state index < -0.39 is 17.7 Å². The van der Waals surface area contributed by atoms with E-state index in [1.807, 2.05) is 42.5 Å². The largest absolute Gasteiger partial charge is 0.505 e. The molecule has 0 unspecified atom stereocenters. The molecule has 0 radical (unpaired) electrons. The minimum absolute atomic E-state index is 0.0893. The molecule has 1 saturated heterocycles. The number of pyridine rings is 1. The van der Waals surface area contributed by atoms with E-state index in [1.54, 1.807) is 22.4 Å². The summed E-state index contributed by atoms with van der Waals surface area (Å²) in [6, 6.07) is 12.3. The van der Waals surface area contributed by atoms with Gasteiger partial charge in [-0.15, -0.1) is 0 Å². The topological polar surface area (TPSA) is 78.2 Å². The van der Waals surface area contributed by atoms with Crippen molar-refractivity contribution in [2.45, 2.75) is 26.8 Å². The van der Waals surface area contributed by atoms with Crippen molar-refractivity contribution in [3.05, 3.63) is 75.7 Å². The van der Waals surface area contributed by atoms with Crippen LogP contribution in [0.1, 0.15) is 36.8 Å². The fourth-order valence-electron chi connectivity index (χ4n) is 4.45. The van der Waals surface area contributed by atoms with Crippen molar-refractivity contribution in [3.63, 3.8) is 0 Å². The number of likely N-dealkylation sites (tertiary alicyclic amines) is 1. The van der Waals surface area contributed by atoms with E-state index in [4.69, 9.17) is 0 Å². The third-order valence-electron chi connectivity index (χ3n) is 6.18. The second-order valence-corrected chi connectivity index (χ2v) is 8.96. The van der Waals surface area contributed by atoms with Crippen molar-refractivity contribution < 1.29 is 14.7 Å². The van der Waals surface area contributed by atoms with Crippen LogP contribution in [0.5, 0.6) is 0 Å². The maximum absolute atomic E-state index is 13.3. The lowest BCUT2D eigenvalue weighted by Crippen LogP contribution is -2.38. The monoisotopic (exact) mass is 510 g/mol. The zero-order valence-corrected chi connectivity index (χ0v) is 20.5. The number of halogens is 1. The fraction of sp³-hybridized carbons (Fsp3) is 0.320. The number of benzene rings is 1. The number of Topliss-reactive ketones (excluding diaryl/α,β-unsaturated/α-hetero) is 1. The Morgan fingerprint density at radius 2 is 1.91 bits per heavy atom. The number of aliphatic hydroxyl groups excluding tert-OH is 1. The van der Waals surface area contributed by atoms with E-state index >= 15 is 0 Å². The number of hydrogen-bond donors (Lipinski definition) is 1. The molecule has 8 heteroatoms. The Morgan fingerprint density at radius 1 is 1.15 bits per heavy atom. The van der Waals surface area contributed by atoms with Crippen LogP contribution in [0.4, 0.5) is 0 Å². The van der Waals surface area contributed by atoms with Crippen molar-refractivity contribution in [2.24, 2.45) is 0 Å². The minimum Gasteiger partial charge on any atom is -0.505 e. The molecule has 1 aromatic carbocycles. The zero-order valence-electron chi connectivity index (χ0n) is 19.0. The number of imidazole rings is 1. The lowest BCUT2D eigenvalue weighted by Gasteiger charge is -2.28. The lowest BCUT2D eigenvalue weighted by molar-refractivity contribution is -0.140. The molecule has 0 bridgehead atoms. The summed E-state index contributed by atoms with van der Waals surface area (Å²) in [6.07, 6.45) is 1.79. The number of amides is 1. The van der Waals surface area contributed by atoms with E-state index in [0.717, 1.165) is 23.1 Å². The molecule has 0 spiro atoms. The number of hydrogen-bond acceptors (Lipinski definition) is 5. The van der Waals surface area contributed by atoms with E-state index in [-0.39, 0.29) is 11.3 Å². The predicted octanol–water partition coefficient (Wildman–Crippen LogP) is 4.17. The minimum atomic E-state index is -0.688. The van der Waals surface area contributed by atoms with Crippen molar-refractivity contribution in [1.82, 2.24) is 19.2 Å². The molecule has 3 aromatic rings. The maximum Gasteiger partial charge on any atom is 0.295 e. The standard InChI is InChI=1S/C25H27BrN4O3/c1-4-28(5-2)13-14-30-22(17-9-8-10-18(26)15-17)20(24(32)25(30)33)23(31)21-16(3)27-19-11-6-7-12-29(19)21/h6-12,15,22,31H,4-5,13-14H2,1-3H3/b23-20+/t22-/m0/s1. The number of carbonyl (C=O) groups is 2. The molecule has 7 nitrogen and oxygen atoms in total. The molecule has 1 atom stereocenters. The molecular weight excluding hydrogens is 484 g/mol. The van der Waals surface area contributed by atoms with Gasteiger partial charge in [-0.25, -0.2) is 4.98 Å². The van der Waals surface area contributed by atoms with E-state index in [0.29, 0.717) is 30.1 Å². The summed E-state index contributed by atoms with van der Waals surface area (Å²) < 4.78 is 2.58. The second kappa shape index (κ2) is 9.49. The van der Waals surface area contributed by atoms with Gasteiger partial charge in [0.1, 0.15) is 11.3 Å². The fourth-order valence-corrected chi connectivity index (χ4v) is 4.87. The van der Waals surface area contributed by atoms with Crippen molar-refractivity contribution in [3.8, 4) is 0 Å². The van der Waals surface area contributed by atoms with Crippen LogP contribution < -0.4 is 0 Å². The van der Waals surface area contributed by atoms with Crippen LogP contribution in [-0.2, 0) is 9.59 Å². The third kappa shape index (κ3) is 4.20. The Labute approximate surface area is 201 Å². The number of carbonyl (C=O) groups excluding carboxylic acids is 2. The molecule has 1 N–H and O–H groups in total. The van der Waals surface area contributed by atoms with E-state index in [2.05, 4.69) is 39.7 Å². The number of likely N-dealkylation sites (N-methyl/N-ethyl adjacent to an activating group) is 1. The normalized spacial score (nSPS) is 18.1. The van der Waals surface area contributed by atoms with Gasteiger partial charge in [-0.1, -0.05) is 48.0 Å². The van der Waals surface area contributed by atoms with E-state index in [9.17, 15) is 14.7 Å². The molecule has 1 fully saturated rings. The van der Waals surface area contributed by atoms with Gasteiger partial charge in [-0.05, 0) is 49.8 Å². The molecule has 172 valence electrons. The van der Waals surface area contributed by atoms with Crippen LogP contribution in [0, 0.1) is 6.92 Å². The Hall–Kier alpha value is -2.97.